The summed E-state index contributed by atoms with van der Waals surface area (Å²) < 4.78 is 0. The molecule has 2 nitrogen and oxygen atoms in total. The maximum atomic E-state index is 11.8. The van der Waals surface area contributed by atoms with Crippen LogP contribution in [0, 0.1) is 0 Å². The van der Waals surface area contributed by atoms with E-state index in [0.29, 0.717) is 0 Å². The molecule has 18 heavy (non-hydrogen) atoms. The average molecular weight is 262 g/mol. The molecule has 3 rings (SSSR count). The SMILES string of the molecule is CN1C(=O)C=CC2(C)c3ccc(Cl)cc3CCC12. The van der Waals surface area contributed by atoms with Crippen LogP contribution in [0.3, 0.4) is 0 Å². The lowest BCUT2D eigenvalue weighted by Crippen LogP contribution is -2.53. The Morgan fingerprint density at radius 1 is 1.44 bits per heavy atom. The van der Waals surface area contributed by atoms with Crippen LogP contribution >= 0.6 is 11.6 Å². The number of carbonyl (C=O) groups excluding carboxylic acids is 1. The third-order valence-corrected chi connectivity index (χ3v) is 4.65. The summed E-state index contributed by atoms with van der Waals surface area (Å²) in [5, 5.41) is 0.792. The molecule has 0 saturated carbocycles. The predicted molar refractivity (Wildman–Crippen MR) is 72.8 cm³/mol. The molecule has 1 aliphatic carbocycles. The Kier molecular flexibility index (Phi) is 2.53. The van der Waals surface area contributed by atoms with E-state index in [1.807, 2.05) is 18.0 Å². The zero-order valence-corrected chi connectivity index (χ0v) is 11.4. The summed E-state index contributed by atoms with van der Waals surface area (Å²) >= 11 is 6.07. The summed E-state index contributed by atoms with van der Waals surface area (Å²) in [4.78, 5) is 13.6. The number of hydrogen-bond acceptors (Lipinski definition) is 1. The summed E-state index contributed by atoms with van der Waals surface area (Å²) in [5.74, 6) is 0.106. The second kappa shape index (κ2) is 3.86. The van der Waals surface area contributed by atoms with Gasteiger partial charge in [-0.3, -0.25) is 4.79 Å². The van der Waals surface area contributed by atoms with E-state index in [9.17, 15) is 4.79 Å². The van der Waals surface area contributed by atoms with Crippen LogP contribution in [0.5, 0.6) is 0 Å². The van der Waals surface area contributed by atoms with Gasteiger partial charge in [0.15, 0.2) is 0 Å². The van der Waals surface area contributed by atoms with Gasteiger partial charge in [-0.2, -0.15) is 0 Å². The Morgan fingerprint density at radius 2 is 2.22 bits per heavy atom. The first-order valence-corrected chi connectivity index (χ1v) is 6.65. The third-order valence-electron chi connectivity index (χ3n) is 4.41. The Balaban J connectivity index is 2.17. The standard InChI is InChI=1S/C15H16ClNO/c1-15-8-7-14(18)17(2)13(15)6-3-10-9-11(16)4-5-12(10)15/h4-5,7-9,13H,3,6H2,1-2H3. The molecule has 0 N–H and O–H groups in total. The predicted octanol–water partition coefficient (Wildman–Crippen LogP) is 2.94. The number of aryl methyl sites for hydroxylation is 1. The molecule has 94 valence electrons. The summed E-state index contributed by atoms with van der Waals surface area (Å²) in [7, 11) is 1.90. The number of rotatable bonds is 0. The molecule has 0 aromatic heterocycles. The molecule has 1 aliphatic heterocycles. The monoisotopic (exact) mass is 261 g/mol. The van der Waals surface area contributed by atoms with E-state index < -0.39 is 0 Å². The van der Waals surface area contributed by atoms with Crippen molar-refractivity contribution in [2.24, 2.45) is 0 Å². The van der Waals surface area contributed by atoms with Gasteiger partial charge in [0.25, 0.3) is 0 Å². The van der Waals surface area contributed by atoms with Gasteiger partial charge in [-0.05, 0) is 43.0 Å². The summed E-state index contributed by atoms with van der Waals surface area (Å²) in [6, 6.07) is 6.36. The van der Waals surface area contributed by atoms with Crippen molar-refractivity contribution in [2.45, 2.75) is 31.2 Å². The van der Waals surface area contributed by atoms with E-state index in [2.05, 4.69) is 25.1 Å². The summed E-state index contributed by atoms with van der Waals surface area (Å²) in [5.41, 5.74) is 2.54. The van der Waals surface area contributed by atoms with Gasteiger partial charge in [0.2, 0.25) is 5.91 Å². The molecule has 1 heterocycles. The van der Waals surface area contributed by atoms with Crippen molar-refractivity contribution < 1.29 is 4.79 Å². The van der Waals surface area contributed by atoms with Crippen LogP contribution in [0.2, 0.25) is 5.02 Å². The number of halogens is 1. The van der Waals surface area contributed by atoms with E-state index in [0.717, 1.165) is 17.9 Å². The van der Waals surface area contributed by atoms with Gasteiger partial charge >= 0.3 is 0 Å². The molecule has 0 saturated heterocycles. The maximum Gasteiger partial charge on any atom is 0.246 e. The van der Waals surface area contributed by atoms with Crippen molar-refractivity contribution in [3.8, 4) is 0 Å². The lowest BCUT2D eigenvalue weighted by molar-refractivity contribution is -0.129. The van der Waals surface area contributed by atoms with Crippen molar-refractivity contribution in [2.75, 3.05) is 7.05 Å². The molecule has 0 spiro atoms. The second-order valence-corrected chi connectivity index (χ2v) is 5.86. The second-order valence-electron chi connectivity index (χ2n) is 5.42. The number of amides is 1. The number of benzene rings is 1. The fourth-order valence-electron chi connectivity index (χ4n) is 3.38. The minimum Gasteiger partial charge on any atom is -0.338 e. The highest BCUT2D eigenvalue weighted by atomic mass is 35.5. The van der Waals surface area contributed by atoms with Gasteiger partial charge in [-0.25, -0.2) is 0 Å². The molecule has 0 bridgehead atoms. The lowest BCUT2D eigenvalue weighted by atomic mass is 9.66. The van der Waals surface area contributed by atoms with Crippen LogP contribution in [0.1, 0.15) is 24.5 Å². The Hall–Kier alpha value is -1.28. The topological polar surface area (TPSA) is 20.3 Å². The third kappa shape index (κ3) is 1.52. The van der Waals surface area contributed by atoms with Crippen molar-refractivity contribution in [3.63, 3.8) is 0 Å². The first-order valence-electron chi connectivity index (χ1n) is 6.27. The van der Waals surface area contributed by atoms with Crippen molar-refractivity contribution in [1.29, 1.82) is 0 Å². The van der Waals surface area contributed by atoms with E-state index >= 15 is 0 Å². The van der Waals surface area contributed by atoms with E-state index in [4.69, 9.17) is 11.6 Å². The number of carbonyl (C=O) groups is 1. The van der Waals surface area contributed by atoms with Crippen LogP contribution < -0.4 is 0 Å². The van der Waals surface area contributed by atoms with E-state index in [1.165, 1.54) is 11.1 Å². The Morgan fingerprint density at radius 3 is 3.00 bits per heavy atom. The highest BCUT2D eigenvalue weighted by molar-refractivity contribution is 6.30. The van der Waals surface area contributed by atoms with Crippen molar-refractivity contribution in [3.05, 3.63) is 46.5 Å². The highest BCUT2D eigenvalue weighted by Crippen LogP contribution is 2.43. The molecule has 2 unspecified atom stereocenters. The molecular formula is C15H16ClNO. The van der Waals surface area contributed by atoms with Gasteiger partial charge in [0.05, 0.1) is 0 Å². The van der Waals surface area contributed by atoms with Crippen LogP contribution in [-0.2, 0) is 16.6 Å². The molecule has 0 radical (unpaired) electrons. The number of hydrogen-bond donors (Lipinski definition) is 0. The first-order chi connectivity index (χ1) is 8.52. The smallest absolute Gasteiger partial charge is 0.246 e. The normalized spacial score (nSPS) is 30.1. The number of likely N-dealkylation sites (N-methyl/N-ethyl adjacent to an activating group) is 1. The van der Waals surface area contributed by atoms with Gasteiger partial charge < -0.3 is 4.90 Å². The zero-order chi connectivity index (χ0) is 12.9. The van der Waals surface area contributed by atoms with Crippen LogP contribution in [0.25, 0.3) is 0 Å². The van der Waals surface area contributed by atoms with Crippen molar-refractivity contribution in [1.82, 2.24) is 4.90 Å². The number of fused-ring (bicyclic) bond motifs is 3. The Labute approximate surface area is 112 Å². The minimum atomic E-state index is -0.0825. The number of nitrogens with zero attached hydrogens (tertiary/aromatic N) is 1. The Bertz CT molecular complexity index is 551. The molecule has 0 fully saturated rings. The molecule has 1 aromatic rings. The van der Waals surface area contributed by atoms with Gasteiger partial charge in [0, 0.05) is 29.6 Å². The maximum absolute atomic E-state index is 11.8. The van der Waals surface area contributed by atoms with Crippen LogP contribution in [0.15, 0.2) is 30.4 Å². The van der Waals surface area contributed by atoms with Crippen LogP contribution in [-0.4, -0.2) is 23.9 Å². The molecular weight excluding hydrogens is 246 g/mol. The highest BCUT2D eigenvalue weighted by Gasteiger charge is 2.44. The van der Waals surface area contributed by atoms with Crippen molar-refractivity contribution >= 4 is 17.5 Å². The van der Waals surface area contributed by atoms with E-state index in [1.54, 1.807) is 6.08 Å². The quantitative estimate of drug-likeness (QED) is 0.703. The summed E-state index contributed by atoms with van der Waals surface area (Å²) in [6.45, 7) is 2.21. The molecule has 1 aromatic carbocycles. The van der Waals surface area contributed by atoms with E-state index in [-0.39, 0.29) is 17.4 Å². The van der Waals surface area contributed by atoms with Gasteiger partial charge in [0.1, 0.15) is 0 Å². The average Bonchev–Trinajstić information content (AvgIpc) is 2.34. The largest absolute Gasteiger partial charge is 0.338 e. The molecule has 2 aliphatic rings. The fourth-order valence-corrected chi connectivity index (χ4v) is 3.57. The van der Waals surface area contributed by atoms with Crippen LogP contribution in [0.4, 0.5) is 0 Å². The fraction of sp³-hybridized carbons (Fsp3) is 0.400. The van der Waals surface area contributed by atoms with Gasteiger partial charge in [-0.15, -0.1) is 0 Å². The molecule has 2 atom stereocenters. The first kappa shape index (κ1) is 11.8. The lowest BCUT2D eigenvalue weighted by Gasteiger charge is -2.47. The minimum absolute atomic E-state index is 0.0825. The molecule has 1 amide bonds. The summed E-state index contributed by atoms with van der Waals surface area (Å²) in [6.07, 6.45) is 5.74. The van der Waals surface area contributed by atoms with Gasteiger partial charge in [-0.1, -0.05) is 23.7 Å². The molecule has 3 heteroatoms. The zero-order valence-electron chi connectivity index (χ0n) is 10.6.